The predicted octanol–water partition coefficient (Wildman–Crippen LogP) is 4.01. The zero-order valence-electron chi connectivity index (χ0n) is 12.8. The first-order chi connectivity index (χ1) is 11.1. The molecule has 6 heteroatoms. The van der Waals surface area contributed by atoms with Crippen LogP contribution < -0.4 is 10.6 Å². The molecular weight excluding hydrogens is 358 g/mol. The Morgan fingerprint density at radius 3 is 2.78 bits per heavy atom. The topological polar surface area (TPSA) is 63.2 Å². The first-order valence-corrected chi connectivity index (χ1v) is 8.33. The highest BCUT2D eigenvalue weighted by molar-refractivity contribution is 9.10. The lowest BCUT2D eigenvalue weighted by Crippen LogP contribution is -2.27. The molecule has 1 aliphatic heterocycles. The van der Waals surface area contributed by atoms with Crippen LogP contribution in [-0.2, 0) is 9.53 Å². The molecule has 0 aliphatic carbocycles. The highest BCUT2D eigenvalue weighted by Crippen LogP contribution is 2.24. The predicted molar refractivity (Wildman–Crippen MR) is 94.0 cm³/mol. The van der Waals surface area contributed by atoms with Crippen molar-refractivity contribution in [3.05, 3.63) is 46.6 Å². The average Bonchev–Trinajstić information content (AvgIpc) is 3.07. The molecule has 5 nitrogen and oxygen atoms in total. The maximum absolute atomic E-state index is 12.0. The van der Waals surface area contributed by atoms with E-state index >= 15 is 0 Å². The van der Waals surface area contributed by atoms with Crippen LogP contribution in [0, 0.1) is 6.92 Å². The summed E-state index contributed by atoms with van der Waals surface area (Å²) < 4.78 is 6.41. The molecule has 3 rings (SSSR count). The van der Waals surface area contributed by atoms with Crippen molar-refractivity contribution in [3.63, 3.8) is 0 Å². The molecule has 2 N–H and O–H groups in total. The SMILES string of the molecule is Cc1ccc(Nc2ccc(NC(=O)C3CCCO3)nc2)cc1Br. The second kappa shape index (κ2) is 7.10. The highest BCUT2D eigenvalue weighted by Gasteiger charge is 2.23. The van der Waals surface area contributed by atoms with Crippen molar-refractivity contribution in [3.8, 4) is 0 Å². The maximum Gasteiger partial charge on any atom is 0.254 e. The van der Waals surface area contributed by atoms with E-state index in [2.05, 4.69) is 31.5 Å². The number of rotatable bonds is 4. The maximum atomic E-state index is 12.0. The summed E-state index contributed by atoms with van der Waals surface area (Å²) in [4.78, 5) is 16.2. The normalized spacial score (nSPS) is 17.0. The molecule has 2 aromatic rings. The van der Waals surface area contributed by atoms with Gasteiger partial charge >= 0.3 is 0 Å². The van der Waals surface area contributed by atoms with Gasteiger partial charge in [-0.15, -0.1) is 0 Å². The Labute approximate surface area is 143 Å². The Hall–Kier alpha value is -1.92. The average molecular weight is 376 g/mol. The summed E-state index contributed by atoms with van der Waals surface area (Å²) in [6.45, 7) is 2.70. The zero-order chi connectivity index (χ0) is 16.2. The molecular formula is C17H18BrN3O2. The Morgan fingerprint density at radius 2 is 2.13 bits per heavy atom. The Morgan fingerprint density at radius 1 is 1.30 bits per heavy atom. The van der Waals surface area contributed by atoms with E-state index in [0.717, 1.165) is 28.7 Å². The molecule has 1 aliphatic rings. The van der Waals surface area contributed by atoms with Gasteiger partial charge in [-0.05, 0) is 49.6 Å². The highest BCUT2D eigenvalue weighted by atomic mass is 79.9. The fraction of sp³-hybridized carbons (Fsp3) is 0.294. The molecule has 23 heavy (non-hydrogen) atoms. The van der Waals surface area contributed by atoms with Gasteiger partial charge < -0.3 is 15.4 Å². The minimum absolute atomic E-state index is 0.127. The molecule has 1 fully saturated rings. The van der Waals surface area contributed by atoms with E-state index in [1.165, 1.54) is 5.56 Å². The third kappa shape index (κ3) is 4.09. The Balaban J connectivity index is 1.62. The lowest BCUT2D eigenvalue weighted by molar-refractivity contribution is -0.124. The number of nitrogens with one attached hydrogen (secondary N) is 2. The number of hydrogen-bond donors (Lipinski definition) is 2. The van der Waals surface area contributed by atoms with E-state index in [1.54, 1.807) is 12.3 Å². The third-order valence-corrected chi connectivity index (χ3v) is 4.55. The van der Waals surface area contributed by atoms with E-state index < -0.39 is 0 Å². The monoisotopic (exact) mass is 375 g/mol. The van der Waals surface area contributed by atoms with Crippen LogP contribution in [0.25, 0.3) is 0 Å². The fourth-order valence-corrected chi connectivity index (χ4v) is 2.75. The number of pyridine rings is 1. The van der Waals surface area contributed by atoms with Crippen LogP contribution in [0.4, 0.5) is 17.2 Å². The number of hydrogen-bond acceptors (Lipinski definition) is 4. The fourth-order valence-electron chi connectivity index (χ4n) is 2.37. The van der Waals surface area contributed by atoms with Crippen LogP contribution in [0.5, 0.6) is 0 Å². The van der Waals surface area contributed by atoms with Crippen molar-refractivity contribution in [2.75, 3.05) is 17.2 Å². The van der Waals surface area contributed by atoms with E-state index in [0.29, 0.717) is 12.4 Å². The number of aryl methyl sites for hydroxylation is 1. The van der Waals surface area contributed by atoms with Gasteiger partial charge in [0, 0.05) is 16.8 Å². The molecule has 120 valence electrons. The van der Waals surface area contributed by atoms with Crippen LogP contribution in [0.2, 0.25) is 0 Å². The number of carbonyl (C=O) groups is 1. The number of amides is 1. The van der Waals surface area contributed by atoms with Crippen LogP contribution in [-0.4, -0.2) is 23.6 Å². The van der Waals surface area contributed by atoms with Crippen molar-refractivity contribution in [1.82, 2.24) is 4.98 Å². The summed E-state index contributed by atoms with van der Waals surface area (Å²) >= 11 is 3.52. The van der Waals surface area contributed by atoms with E-state index in [-0.39, 0.29) is 12.0 Å². The molecule has 0 saturated carbocycles. The number of halogens is 1. The minimum atomic E-state index is -0.348. The van der Waals surface area contributed by atoms with Crippen molar-refractivity contribution in [2.24, 2.45) is 0 Å². The van der Waals surface area contributed by atoms with Gasteiger partial charge in [0.05, 0.1) is 11.9 Å². The summed E-state index contributed by atoms with van der Waals surface area (Å²) in [6, 6.07) is 9.72. The second-order valence-corrected chi connectivity index (χ2v) is 6.37. The summed E-state index contributed by atoms with van der Waals surface area (Å²) in [6.07, 6.45) is 3.05. The summed E-state index contributed by atoms with van der Waals surface area (Å²) in [5.74, 6) is 0.402. The largest absolute Gasteiger partial charge is 0.368 e. The summed E-state index contributed by atoms with van der Waals surface area (Å²) in [5, 5.41) is 6.06. The Bertz CT molecular complexity index is 697. The van der Waals surface area contributed by atoms with Crippen molar-refractivity contribution >= 4 is 39.0 Å². The zero-order valence-corrected chi connectivity index (χ0v) is 14.4. The Kier molecular flexibility index (Phi) is 4.93. The van der Waals surface area contributed by atoms with Crippen molar-refractivity contribution < 1.29 is 9.53 Å². The standard InChI is InChI=1S/C17H18BrN3O2/c1-11-4-5-12(9-14(11)18)20-13-6-7-16(19-10-13)21-17(22)15-3-2-8-23-15/h4-7,9-10,15,20H,2-3,8H2,1H3,(H,19,21,22). The van der Waals surface area contributed by atoms with E-state index in [1.807, 2.05) is 31.2 Å². The van der Waals surface area contributed by atoms with Gasteiger partial charge in [0.25, 0.3) is 5.91 Å². The molecule has 0 radical (unpaired) electrons. The van der Waals surface area contributed by atoms with Gasteiger partial charge in [0.2, 0.25) is 0 Å². The van der Waals surface area contributed by atoms with Gasteiger partial charge in [0.1, 0.15) is 11.9 Å². The first-order valence-electron chi connectivity index (χ1n) is 7.53. The van der Waals surface area contributed by atoms with Crippen LogP contribution in [0.15, 0.2) is 41.0 Å². The third-order valence-electron chi connectivity index (χ3n) is 3.70. The lowest BCUT2D eigenvalue weighted by atomic mass is 10.2. The smallest absolute Gasteiger partial charge is 0.254 e. The van der Waals surface area contributed by atoms with E-state index in [4.69, 9.17) is 4.74 Å². The molecule has 0 bridgehead atoms. The second-order valence-electron chi connectivity index (χ2n) is 5.51. The van der Waals surface area contributed by atoms with Gasteiger partial charge in [-0.25, -0.2) is 4.98 Å². The first kappa shape index (κ1) is 16.0. The molecule has 1 aromatic carbocycles. The lowest BCUT2D eigenvalue weighted by Gasteiger charge is -2.11. The van der Waals surface area contributed by atoms with Gasteiger partial charge in [0.15, 0.2) is 0 Å². The van der Waals surface area contributed by atoms with Gasteiger partial charge in [-0.2, -0.15) is 0 Å². The molecule has 1 saturated heterocycles. The molecule has 1 amide bonds. The molecule has 0 spiro atoms. The number of carbonyl (C=O) groups excluding carboxylic acids is 1. The summed E-state index contributed by atoms with van der Waals surface area (Å²) in [5.41, 5.74) is 3.01. The van der Waals surface area contributed by atoms with Crippen molar-refractivity contribution in [1.29, 1.82) is 0 Å². The molecule has 1 unspecified atom stereocenters. The number of aromatic nitrogens is 1. The number of benzene rings is 1. The van der Waals surface area contributed by atoms with Crippen LogP contribution >= 0.6 is 15.9 Å². The van der Waals surface area contributed by atoms with Gasteiger partial charge in [-0.1, -0.05) is 22.0 Å². The number of nitrogens with zero attached hydrogens (tertiary/aromatic N) is 1. The molecule has 2 heterocycles. The molecule has 1 atom stereocenters. The minimum Gasteiger partial charge on any atom is -0.368 e. The molecule has 1 aromatic heterocycles. The summed E-state index contributed by atoms with van der Waals surface area (Å²) in [7, 11) is 0. The van der Waals surface area contributed by atoms with Gasteiger partial charge in [-0.3, -0.25) is 4.79 Å². The van der Waals surface area contributed by atoms with Crippen molar-refractivity contribution in [2.45, 2.75) is 25.9 Å². The quantitative estimate of drug-likeness (QED) is 0.846. The van der Waals surface area contributed by atoms with E-state index in [9.17, 15) is 4.79 Å². The van der Waals surface area contributed by atoms with Crippen LogP contribution in [0.3, 0.4) is 0 Å². The number of ether oxygens (including phenoxy) is 1. The number of anilines is 3. The van der Waals surface area contributed by atoms with Crippen LogP contribution in [0.1, 0.15) is 18.4 Å².